The summed E-state index contributed by atoms with van der Waals surface area (Å²) in [6, 6.07) is 5.54. The molecular weight excluding hydrogens is 202 g/mol. The number of aryl methyl sites for hydroxylation is 1. The first kappa shape index (κ1) is 11.3. The van der Waals surface area contributed by atoms with Gasteiger partial charge in [-0.2, -0.15) is 0 Å². The molecule has 3 N–H and O–H groups in total. The predicted molar refractivity (Wildman–Crippen MR) is 64.7 cm³/mol. The summed E-state index contributed by atoms with van der Waals surface area (Å²) in [7, 11) is 0. The van der Waals surface area contributed by atoms with Gasteiger partial charge in [-0.3, -0.25) is 0 Å². The van der Waals surface area contributed by atoms with Crippen LogP contribution in [0.15, 0.2) is 18.2 Å². The third-order valence-electron chi connectivity index (χ3n) is 3.22. The summed E-state index contributed by atoms with van der Waals surface area (Å²) in [4.78, 5) is 0. The number of nitrogens with one attached hydrogen (secondary N) is 1. The maximum atomic E-state index is 9.85. The Morgan fingerprint density at radius 2 is 2.00 bits per heavy atom. The Morgan fingerprint density at radius 1 is 1.25 bits per heavy atom. The van der Waals surface area contributed by atoms with Gasteiger partial charge in [0.2, 0.25) is 0 Å². The Hall–Kier alpha value is -1.22. The molecule has 0 spiro atoms. The fraction of sp³-hybridized carbons (Fsp3) is 0.538. The highest BCUT2D eigenvalue weighted by atomic mass is 16.3. The van der Waals surface area contributed by atoms with Gasteiger partial charge in [-0.25, -0.2) is 0 Å². The van der Waals surface area contributed by atoms with E-state index in [9.17, 15) is 10.2 Å². The van der Waals surface area contributed by atoms with Crippen LogP contribution in [-0.4, -0.2) is 22.4 Å². The second-order valence-electron chi connectivity index (χ2n) is 4.62. The third kappa shape index (κ3) is 2.47. The van der Waals surface area contributed by atoms with E-state index in [4.69, 9.17) is 0 Å². The van der Waals surface area contributed by atoms with E-state index in [1.807, 2.05) is 19.1 Å². The van der Waals surface area contributed by atoms with Crippen molar-refractivity contribution in [1.82, 2.24) is 0 Å². The van der Waals surface area contributed by atoms with E-state index in [1.54, 1.807) is 6.07 Å². The van der Waals surface area contributed by atoms with Crippen molar-refractivity contribution >= 4 is 5.69 Å². The number of benzene rings is 1. The van der Waals surface area contributed by atoms with E-state index in [2.05, 4.69) is 5.32 Å². The van der Waals surface area contributed by atoms with Gasteiger partial charge in [-0.05, 0) is 37.5 Å². The van der Waals surface area contributed by atoms with Crippen LogP contribution in [0.4, 0.5) is 5.69 Å². The molecule has 2 rings (SSSR count). The molecule has 2 unspecified atom stereocenters. The molecule has 1 aromatic rings. The number of phenols is 1. The van der Waals surface area contributed by atoms with Gasteiger partial charge >= 0.3 is 0 Å². The highest BCUT2D eigenvalue weighted by Crippen LogP contribution is 2.28. The van der Waals surface area contributed by atoms with Crippen LogP contribution in [0.3, 0.4) is 0 Å². The van der Waals surface area contributed by atoms with Crippen molar-refractivity contribution in [2.75, 3.05) is 5.32 Å². The maximum absolute atomic E-state index is 9.85. The van der Waals surface area contributed by atoms with Crippen molar-refractivity contribution in [3.8, 4) is 5.75 Å². The fourth-order valence-corrected chi connectivity index (χ4v) is 2.24. The van der Waals surface area contributed by atoms with Crippen molar-refractivity contribution < 1.29 is 10.2 Å². The first-order chi connectivity index (χ1) is 7.66. The number of aliphatic hydroxyl groups excluding tert-OH is 1. The Kier molecular flexibility index (Phi) is 3.34. The van der Waals surface area contributed by atoms with E-state index in [0.29, 0.717) is 0 Å². The molecule has 88 valence electrons. The molecule has 0 aliphatic heterocycles. The number of aliphatic hydroxyl groups is 1. The standard InChI is InChI=1S/C13H19NO2/c1-9-6-7-13(16)11(8-9)14-10-4-2-3-5-12(10)15/h6-8,10,12,14-16H,2-5H2,1H3. The lowest BCUT2D eigenvalue weighted by Crippen LogP contribution is -2.36. The average Bonchev–Trinajstić information content (AvgIpc) is 2.27. The highest BCUT2D eigenvalue weighted by molar-refractivity contribution is 5.57. The first-order valence-corrected chi connectivity index (χ1v) is 5.91. The minimum Gasteiger partial charge on any atom is -0.506 e. The molecule has 1 aliphatic rings. The molecule has 2 atom stereocenters. The topological polar surface area (TPSA) is 52.5 Å². The number of rotatable bonds is 2. The molecule has 1 aliphatic carbocycles. The van der Waals surface area contributed by atoms with Crippen LogP contribution in [0.2, 0.25) is 0 Å². The summed E-state index contributed by atoms with van der Waals surface area (Å²) in [6.45, 7) is 1.99. The second kappa shape index (κ2) is 4.74. The van der Waals surface area contributed by atoms with Gasteiger partial charge in [0, 0.05) is 0 Å². The van der Waals surface area contributed by atoms with Crippen LogP contribution >= 0.6 is 0 Å². The van der Waals surface area contributed by atoms with Crippen molar-refractivity contribution in [1.29, 1.82) is 0 Å². The maximum Gasteiger partial charge on any atom is 0.138 e. The van der Waals surface area contributed by atoms with E-state index in [1.165, 1.54) is 0 Å². The SMILES string of the molecule is Cc1ccc(O)c(NC2CCCCC2O)c1. The van der Waals surface area contributed by atoms with Gasteiger partial charge < -0.3 is 15.5 Å². The van der Waals surface area contributed by atoms with Crippen molar-refractivity contribution in [3.63, 3.8) is 0 Å². The Labute approximate surface area is 96.1 Å². The summed E-state index contributed by atoms with van der Waals surface area (Å²) >= 11 is 0. The molecule has 1 aromatic carbocycles. The summed E-state index contributed by atoms with van der Waals surface area (Å²) < 4.78 is 0. The van der Waals surface area contributed by atoms with E-state index in [-0.39, 0.29) is 17.9 Å². The van der Waals surface area contributed by atoms with Crippen LogP contribution in [0.25, 0.3) is 0 Å². The lowest BCUT2D eigenvalue weighted by molar-refractivity contribution is 0.116. The van der Waals surface area contributed by atoms with Crippen LogP contribution in [0, 0.1) is 6.92 Å². The number of anilines is 1. The predicted octanol–water partition coefficient (Wildman–Crippen LogP) is 2.42. The van der Waals surface area contributed by atoms with Gasteiger partial charge in [-0.15, -0.1) is 0 Å². The summed E-state index contributed by atoms with van der Waals surface area (Å²) in [5.74, 6) is 0.253. The van der Waals surface area contributed by atoms with Gasteiger partial charge in [-0.1, -0.05) is 18.9 Å². The van der Waals surface area contributed by atoms with Gasteiger partial charge in [0.25, 0.3) is 0 Å². The molecule has 1 fully saturated rings. The highest BCUT2D eigenvalue weighted by Gasteiger charge is 2.23. The monoisotopic (exact) mass is 221 g/mol. The Morgan fingerprint density at radius 3 is 2.75 bits per heavy atom. The number of hydrogen-bond donors (Lipinski definition) is 3. The van der Waals surface area contributed by atoms with Crippen molar-refractivity contribution in [2.24, 2.45) is 0 Å². The van der Waals surface area contributed by atoms with Crippen molar-refractivity contribution in [3.05, 3.63) is 23.8 Å². The zero-order chi connectivity index (χ0) is 11.5. The molecule has 0 aromatic heterocycles. The molecule has 0 saturated heterocycles. The summed E-state index contributed by atoms with van der Waals surface area (Å²) in [6.07, 6.45) is 3.76. The van der Waals surface area contributed by atoms with Gasteiger partial charge in [0.1, 0.15) is 5.75 Å². The molecule has 0 bridgehead atoms. The minimum atomic E-state index is -0.298. The minimum absolute atomic E-state index is 0.0708. The van der Waals surface area contributed by atoms with Crippen LogP contribution in [0.5, 0.6) is 5.75 Å². The first-order valence-electron chi connectivity index (χ1n) is 5.91. The summed E-state index contributed by atoms with van der Waals surface area (Å²) in [5, 5.41) is 22.8. The molecule has 0 heterocycles. The largest absolute Gasteiger partial charge is 0.506 e. The fourth-order valence-electron chi connectivity index (χ4n) is 2.24. The molecule has 0 radical (unpaired) electrons. The van der Waals surface area contributed by atoms with E-state index in [0.717, 1.165) is 36.9 Å². The smallest absolute Gasteiger partial charge is 0.138 e. The van der Waals surface area contributed by atoms with Gasteiger partial charge in [0.15, 0.2) is 0 Å². The molecule has 16 heavy (non-hydrogen) atoms. The second-order valence-corrected chi connectivity index (χ2v) is 4.62. The zero-order valence-corrected chi connectivity index (χ0v) is 9.61. The normalized spacial score (nSPS) is 25.4. The molecule has 1 saturated carbocycles. The lowest BCUT2D eigenvalue weighted by atomic mass is 9.92. The zero-order valence-electron chi connectivity index (χ0n) is 9.61. The molecular formula is C13H19NO2. The third-order valence-corrected chi connectivity index (χ3v) is 3.22. The van der Waals surface area contributed by atoms with Crippen LogP contribution in [0.1, 0.15) is 31.2 Å². The van der Waals surface area contributed by atoms with Crippen LogP contribution < -0.4 is 5.32 Å². The van der Waals surface area contributed by atoms with Gasteiger partial charge in [0.05, 0.1) is 17.8 Å². The van der Waals surface area contributed by atoms with Crippen molar-refractivity contribution in [2.45, 2.75) is 44.8 Å². The lowest BCUT2D eigenvalue weighted by Gasteiger charge is -2.29. The molecule has 3 heteroatoms. The number of hydrogen-bond acceptors (Lipinski definition) is 3. The number of aromatic hydroxyl groups is 1. The van der Waals surface area contributed by atoms with E-state index >= 15 is 0 Å². The Balaban J connectivity index is 2.10. The average molecular weight is 221 g/mol. The molecule has 3 nitrogen and oxygen atoms in total. The summed E-state index contributed by atoms with van der Waals surface area (Å²) in [5.41, 5.74) is 1.83. The molecule has 0 amide bonds. The number of phenolic OH excluding ortho intramolecular Hbond substituents is 1. The van der Waals surface area contributed by atoms with E-state index < -0.39 is 0 Å². The van der Waals surface area contributed by atoms with Crippen LogP contribution in [-0.2, 0) is 0 Å². The quantitative estimate of drug-likeness (QED) is 0.672. The Bertz CT molecular complexity index is 365.